The summed E-state index contributed by atoms with van der Waals surface area (Å²) in [4.78, 5) is 20.9. The number of aliphatic hydroxyl groups excluding tert-OH is 1. The van der Waals surface area contributed by atoms with Crippen LogP contribution in [-0.2, 0) is 9.53 Å². The van der Waals surface area contributed by atoms with E-state index in [0.717, 1.165) is 6.08 Å². The summed E-state index contributed by atoms with van der Waals surface area (Å²) < 4.78 is 4.65. The van der Waals surface area contributed by atoms with Gasteiger partial charge in [-0.15, -0.1) is 0 Å². The molecule has 0 aliphatic heterocycles. The van der Waals surface area contributed by atoms with Crippen LogP contribution in [0.2, 0.25) is 0 Å². The number of benzene rings is 1. The maximum atomic E-state index is 11.0. The van der Waals surface area contributed by atoms with Crippen LogP contribution < -0.4 is 0 Å². The second-order valence-corrected chi connectivity index (χ2v) is 3.40. The Kier molecular flexibility index (Phi) is 5.01. The van der Waals surface area contributed by atoms with Crippen molar-refractivity contribution in [1.82, 2.24) is 0 Å². The summed E-state index contributed by atoms with van der Waals surface area (Å²) in [5, 5.41) is 20.1. The number of rotatable bonds is 5. The topological polar surface area (TPSA) is 89.7 Å². The van der Waals surface area contributed by atoms with Gasteiger partial charge in [0.1, 0.15) is 0 Å². The maximum Gasteiger partial charge on any atom is 0.330 e. The highest BCUT2D eigenvalue weighted by atomic mass is 16.6. The normalized spacial score (nSPS) is 12.3. The number of aliphatic hydroxyl groups is 1. The number of hydrogen-bond acceptors (Lipinski definition) is 5. The molecule has 18 heavy (non-hydrogen) atoms. The Morgan fingerprint density at radius 3 is 2.61 bits per heavy atom. The molecule has 0 aliphatic carbocycles. The SMILES string of the molecule is CCOC(=O)/C=C/[C@H](O)c1ccc([N+](=O)[O-])cc1. The van der Waals surface area contributed by atoms with Gasteiger partial charge in [-0.05, 0) is 30.7 Å². The van der Waals surface area contributed by atoms with Crippen molar-refractivity contribution in [3.05, 3.63) is 52.1 Å². The fourth-order valence-electron chi connectivity index (χ4n) is 1.26. The van der Waals surface area contributed by atoms with Gasteiger partial charge < -0.3 is 9.84 Å². The number of nitrogens with zero attached hydrogens (tertiary/aromatic N) is 1. The Morgan fingerprint density at radius 2 is 2.11 bits per heavy atom. The van der Waals surface area contributed by atoms with Crippen molar-refractivity contribution in [2.45, 2.75) is 13.0 Å². The highest BCUT2D eigenvalue weighted by molar-refractivity contribution is 5.82. The number of ether oxygens (including phenoxy) is 1. The third-order valence-electron chi connectivity index (χ3n) is 2.15. The smallest absolute Gasteiger partial charge is 0.330 e. The first-order valence-corrected chi connectivity index (χ1v) is 5.32. The van der Waals surface area contributed by atoms with Crippen molar-refractivity contribution >= 4 is 11.7 Å². The first kappa shape index (κ1) is 13.9. The Morgan fingerprint density at radius 1 is 1.50 bits per heavy atom. The van der Waals surface area contributed by atoms with E-state index in [9.17, 15) is 20.0 Å². The monoisotopic (exact) mass is 251 g/mol. The van der Waals surface area contributed by atoms with Crippen molar-refractivity contribution in [3.63, 3.8) is 0 Å². The van der Waals surface area contributed by atoms with Gasteiger partial charge in [0, 0.05) is 18.2 Å². The van der Waals surface area contributed by atoms with Crippen LogP contribution in [0.1, 0.15) is 18.6 Å². The lowest BCUT2D eigenvalue weighted by Crippen LogP contribution is -2.01. The standard InChI is InChI=1S/C12H13NO5/c1-2-18-12(15)8-7-11(14)9-3-5-10(6-4-9)13(16)17/h3-8,11,14H,2H2,1H3/b8-7+/t11-/m0/s1. The molecule has 1 atom stereocenters. The second kappa shape index (κ2) is 6.51. The summed E-state index contributed by atoms with van der Waals surface area (Å²) in [6.45, 7) is 1.94. The first-order chi connectivity index (χ1) is 8.54. The third-order valence-corrected chi connectivity index (χ3v) is 2.15. The Bertz CT molecular complexity index is 452. The average Bonchev–Trinajstić information content (AvgIpc) is 2.36. The van der Waals surface area contributed by atoms with Crippen molar-refractivity contribution in [1.29, 1.82) is 0 Å². The first-order valence-electron chi connectivity index (χ1n) is 5.32. The van der Waals surface area contributed by atoms with E-state index in [4.69, 9.17) is 0 Å². The molecular weight excluding hydrogens is 238 g/mol. The number of nitro groups is 1. The molecule has 0 fully saturated rings. The fraction of sp³-hybridized carbons (Fsp3) is 0.250. The van der Waals surface area contributed by atoms with Gasteiger partial charge in [0.25, 0.3) is 5.69 Å². The lowest BCUT2D eigenvalue weighted by Gasteiger charge is -2.05. The van der Waals surface area contributed by atoms with Gasteiger partial charge in [-0.1, -0.05) is 0 Å². The lowest BCUT2D eigenvalue weighted by atomic mass is 10.1. The molecule has 0 bridgehead atoms. The molecule has 1 rings (SSSR count). The summed E-state index contributed by atoms with van der Waals surface area (Å²) in [5.74, 6) is -0.543. The van der Waals surface area contributed by atoms with Crippen LogP contribution in [0, 0.1) is 10.1 Å². The van der Waals surface area contributed by atoms with Gasteiger partial charge in [-0.25, -0.2) is 4.79 Å². The van der Waals surface area contributed by atoms with Crippen molar-refractivity contribution in [2.75, 3.05) is 6.61 Å². The molecule has 0 saturated carbocycles. The fourth-order valence-corrected chi connectivity index (χ4v) is 1.26. The highest BCUT2D eigenvalue weighted by Gasteiger charge is 2.08. The van der Waals surface area contributed by atoms with Crippen LogP contribution in [0.4, 0.5) is 5.69 Å². The van der Waals surface area contributed by atoms with E-state index < -0.39 is 17.0 Å². The Hall–Kier alpha value is -2.21. The predicted molar refractivity (Wildman–Crippen MR) is 63.8 cm³/mol. The molecule has 0 unspecified atom stereocenters. The minimum Gasteiger partial charge on any atom is -0.463 e. The average molecular weight is 251 g/mol. The molecule has 1 aromatic rings. The number of nitro benzene ring substituents is 1. The molecule has 0 saturated heterocycles. The zero-order chi connectivity index (χ0) is 13.5. The van der Waals surface area contributed by atoms with Crippen molar-refractivity contribution in [2.24, 2.45) is 0 Å². The number of non-ortho nitro benzene ring substituents is 1. The third kappa shape index (κ3) is 3.99. The van der Waals surface area contributed by atoms with E-state index >= 15 is 0 Å². The summed E-state index contributed by atoms with van der Waals surface area (Å²) in [6.07, 6.45) is 1.38. The molecule has 0 spiro atoms. The molecule has 1 N–H and O–H groups in total. The van der Waals surface area contributed by atoms with Gasteiger partial charge in [0.2, 0.25) is 0 Å². The number of hydrogen-bond donors (Lipinski definition) is 1. The molecule has 1 aromatic carbocycles. The molecule has 6 heteroatoms. The summed E-state index contributed by atoms with van der Waals surface area (Å²) in [7, 11) is 0. The van der Waals surface area contributed by atoms with Crippen molar-refractivity contribution < 1.29 is 19.6 Å². The van der Waals surface area contributed by atoms with E-state index in [1.807, 2.05) is 0 Å². The molecular formula is C12H13NO5. The van der Waals surface area contributed by atoms with Crippen LogP contribution in [-0.4, -0.2) is 22.6 Å². The Labute approximate surface area is 104 Å². The quantitative estimate of drug-likeness (QED) is 0.372. The zero-order valence-corrected chi connectivity index (χ0v) is 9.78. The van der Waals surface area contributed by atoms with Crippen LogP contribution in [0.5, 0.6) is 0 Å². The van der Waals surface area contributed by atoms with Crippen LogP contribution in [0.15, 0.2) is 36.4 Å². The van der Waals surface area contributed by atoms with Gasteiger partial charge in [0.15, 0.2) is 0 Å². The second-order valence-electron chi connectivity index (χ2n) is 3.40. The van der Waals surface area contributed by atoms with Gasteiger partial charge >= 0.3 is 5.97 Å². The Balaban J connectivity index is 2.69. The zero-order valence-electron chi connectivity index (χ0n) is 9.78. The van der Waals surface area contributed by atoms with E-state index in [1.54, 1.807) is 6.92 Å². The molecule has 0 aromatic heterocycles. The number of esters is 1. The van der Waals surface area contributed by atoms with E-state index in [-0.39, 0.29) is 12.3 Å². The number of carbonyl (C=O) groups is 1. The lowest BCUT2D eigenvalue weighted by molar-refractivity contribution is -0.384. The highest BCUT2D eigenvalue weighted by Crippen LogP contribution is 2.18. The van der Waals surface area contributed by atoms with Crippen LogP contribution in [0.3, 0.4) is 0 Å². The van der Waals surface area contributed by atoms with Crippen LogP contribution in [0.25, 0.3) is 0 Å². The largest absolute Gasteiger partial charge is 0.463 e. The van der Waals surface area contributed by atoms with Gasteiger partial charge in [-0.3, -0.25) is 10.1 Å². The molecule has 96 valence electrons. The molecule has 0 amide bonds. The van der Waals surface area contributed by atoms with Crippen LogP contribution >= 0.6 is 0 Å². The van der Waals surface area contributed by atoms with Gasteiger partial charge in [0.05, 0.1) is 17.6 Å². The summed E-state index contributed by atoms with van der Waals surface area (Å²) >= 11 is 0. The maximum absolute atomic E-state index is 11.0. The minimum absolute atomic E-state index is 0.0553. The van der Waals surface area contributed by atoms with E-state index in [1.165, 1.54) is 30.3 Å². The number of carbonyl (C=O) groups excluding carboxylic acids is 1. The van der Waals surface area contributed by atoms with E-state index in [2.05, 4.69) is 4.74 Å². The predicted octanol–water partition coefficient (Wildman–Crippen LogP) is 1.75. The van der Waals surface area contributed by atoms with Crippen molar-refractivity contribution in [3.8, 4) is 0 Å². The molecule has 0 radical (unpaired) electrons. The van der Waals surface area contributed by atoms with Gasteiger partial charge in [-0.2, -0.15) is 0 Å². The summed E-state index contributed by atoms with van der Waals surface area (Å²) in [6, 6.07) is 5.43. The molecule has 0 heterocycles. The minimum atomic E-state index is -1.00. The summed E-state index contributed by atoms with van der Waals surface area (Å²) in [5.41, 5.74) is 0.404. The molecule has 0 aliphatic rings. The molecule has 6 nitrogen and oxygen atoms in total. The van der Waals surface area contributed by atoms with E-state index in [0.29, 0.717) is 5.56 Å².